The maximum atomic E-state index is 12.1. The first kappa shape index (κ1) is 18.7. The molecule has 0 aliphatic heterocycles. The minimum atomic E-state index is -0.788. The molecule has 6 heteroatoms. The number of rotatable bonds is 10. The molecule has 0 aliphatic rings. The van der Waals surface area contributed by atoms with Crippen molar-refractivity contribution in [1.82, 2.24) is 15.1 Å². The van der Waals surface area contributed by atoms with Crippen LogP contribution in [0.15, 0.2) is 0 Å². The average Bonchev–Trinajstić information content (AvgIpc) is 2.32. The van der Waals surface area contributed by atoms with Crippen LogP contribution in [-0.2, 0) is 4.79 Å². The van der Waals surface area contributed by atoms with E-state index in [9.17, 15) is 9.59 Å². The second kappa shape index (κ2) is 10.5. The molecule has 0 rings (SSSR count). The number of likely N-dealkylation sites (N-methyl/N-ethyl adjacent to an activating group) is 1. The maximum Gasteiger partial charge on any atom is 0.317 e. The van der Waals surface area contributed by atoms with E-state index < -0.39 is 5.97 Å². The first-order chi connectivity index (χ1) is 9.32. The number of amides is 2. The van der Waals surface area contributed by atoms with E-state index in [4.69, 9.17) is 5.11 Å². The molecule has 0 aromatic heterocycles. The summed E-state index contributed by atoms with van der Waals surface area (Å²) in [7, 11) is 3.97. The SMILES string of the molecule is CC(C)CN(CCN(C)C)C(=O)NCCCCC(=O)O. The first-order valence-electron chi connectivity index (χ1n) is 7.22. The summed E-state index contributed by atoms with van der Waals surface area (Å²) < 4.78 is 0. The van der Waals surface area contributed by atoms with Crippen molar-refractivity contribution >= 4 is 12.0 Å². The summed E-state index contributed by atoms with van der Waals surface area (Å²) in [4.78, 5) is 26.3. The third kappa shape index (κ3) is 10.6. The molecular formula is C14H29N3O3. The molecule has 0 aromatic carbocycles. The van der Waals surface area contributed by atoms with Crippen LogP contribution >= 0.6 is 0 Å². The molecule has 0 saturated carbocycles. The van der Waals surface area contributed by atoms with Gasteiger partial charge >= 0.3 is 12.0 Å². The highest BCUT2D eigenvalue weighted by molar-refractivity contribution is 5.74. The number of nitrogens with one attached hydrogen (secondary N) is 1. The molecule has 20 heavy (non-hydrogen) atoms. The van der Waals surface area contributed by atoms with Crippen LogP contribution in [0.25, 0.3) is 0 Å². The van der Waals surface area contributed by atoms with E-state index in [0.29, 0.717) is 31.8 Å². The van der Waals surface area contributed by atoms with Crippen molar-refractivity contribution in [3.8, 4) is 0 Å². The van der Waals surface area contributed by atoms with Crippen molar-refractivity contribution in [2.75, 3.05) is 40.3 Å². The van der Waals surface area contributed by atoms with Gasteiger partial charge in [0.25, 0.3) is 0 Å². The summed E-state index contributed by atoms with van der Waals surface area (Å²) in [6.07, 6.45) is 1.45. The second-order valence-electron chi connectivity index (χ2n) is 5.73. The Kier molecular flexibility index (Phi) is 9.80. The Bertz CT molecular complexity index is 293. The highest BCUT2D eigenvalue weighted by Gasteiger charge is 2.14. The van der Waals surface area contributed by atoms with Gasteiger partial charge in [0.1, 0.15) is 0 Å². The predicted molar refractivity (Wildman–Crippen MR) is 79.9 cm³/mol. The number of unbranched alkanes of at least 4 members (excludes halogenated alkanes) is 1. The molecule has 0 atom stereocenters. The number of carbonyl (C=O) groups is 2. The summed E-state index contributed by atoms with van der Waals surface area (Å²) in [6.45, 7) is 6.97. The van der Waals surface area contributed by atoms with Gasteiger partial charge in [0.15, 0.2) is 0 Å². The number of carboxylic acids is 1. The number of carboxylic acid groups (broad SMARTS) is 1. The third-order valence-corrected chi connectivity index (χ3v) is 2.78. The van der Waals surface area contributed by atoms with Gasteiger partial charge in [0.05, 0.1) is 0 Å². The molecule has 0 spiro atoms. The Hall–Kier alpha value is -1.30. The maximum absolute atomic E-state index is 12.1. The van der Waals surface area contributed by atoms with E-state index in [-0.39, 0.29) is 12.5 Å². The van der Waals surface area contributed by atoms with E-state index in [0.717, 1.165) is 13.1 Å². The molecule has 0 heterocycles. The lowest BCUT2D eigenvalue weighted by Gasteiger charge is -2.26. The number of hydrogen-bond acceptors (Lipinski definition) is 3. The zero-order valence-electron chi connectivity index (χ0n) is 13.2. The van der Waals surface area contributed by atoms with Gasteiger partial charge in [-0.1, -0.05) is 13.8 Å². The van der Waals surface area contributed by atoms with Crippen LogP contribution in [-0.4, -0.2) is 67.2 Å². The van der Waals surface area contributed by atoms with Gasteiger partial charge < -0.3 is 20.2 Å². The van der Waals surface area contributed by atoms with Crippen LogP contribution < -0.4 is 5.32 Å². The fourth-order valence-corrected chi connectivity index (χ4v) is 1.75. The van der Waals surface area contributed by atoms with Crippen LogP contribution in [0.4, 0.5) is 4.79 Å². The molecule has 2 N–H and O–H groups in total. The number of carbonyl (C=O) groups excluding carboxylic acids is 1. The van der Waals surface area contributed by atoms with Crippen LogP contribution in [0.1, 0.15) is 33.1 Å². The lowest BCUT2D eigenvalue weighted by atomic mass is 10.2. The van der Waals surface area contributed by atoms with Gasteiger partial charge in [-0.2, -0.15) is 0 Å². The Morgan fingerprint density at radius 3 is 2.30 bits per heavy atom. The van der Waals surface area contributed by atoms with E-state index >= 15 is 0 Å². The molecule has 0 aromatic rings. The van der Waals surface area contributed by atoms with Gasteiger partial charge in [0.2, 0.25) is 0 Å². The van der Waals surface area contributed by atoms with E-state index in [1.54, 1.807) is 0 Å². The van der Waals surface area contributed by atoms with Gasteiger partial charge in [-0.15, -0.1) is 0 Å². The topological polar surface area (TPSA) is 72.9 Å². The van der Waals surface area contributed by atoms with Crippen molar-refractivity contribution in [1.29, 1.82) is 0 Å². The number of aliphatic carboxylic acids is 1. The normalized spacial score (nSPS) is 10.9. The average molecular weight is 287 g/mol. The van der Waals surface area contributed by atoms with Crippen LogP contribution in [0.5, 0.6) is 0 Å². The standard InChI is InChI=1S/C14H29N3O3/c1-12(2)11-17(10-9-16(3)4)14(20)15-8-6-5-7-13(18)19/h12H,5-11H2,1-4H3,(H,15,20)(H,18,19). The molecule has 2 amide bonds. The first-order valence-corrected chi connectivity index (χ1v) is 7.22. The zero-order chi connectivity index (χ0) is 15.5. The fraction of sp³-hybridized carbons (Fsp3) is 0.857. The van der Waals surface area contributed by atoms with Crippen molar-refractivity contribution < 1.29 is 14.7 Å². The van der Waals surface area contributed by atoms with Crippen LogP contribution in [0.3, 0.4) is 0 Å². The smallest absolute Gasteiger partial charge is 0.317 e. The molecule has 0 unspecified atom stereocenters. The Morgan fingerprint density at radius 1 is 1.15 bits per heavy atom. The molecule has 0 aliphatic carbocycles. The van der Waals surface area contributed by atoms with Crippen molar-refractivity contribution in [3.05, 3.63) is 0 Å². The number of nitrogens with zero attached hydrogens (tertiary/aromatic N) is 2. The van der Waals surface area contributed by atoms with Gasteiger partial charge in [-0.3, -0.25) is 4.79 Å². The summed E-state index contributed by atoms with van der Waals surface area (Å²) in [5.74, 6) is -0.362. The monoisotopic (exact) mass is 287 g/mol. The number of hydrogen-bond donors (Lipinski definition) is 2. The summed E-state index contributed by atoms with van der Waals surface area (Å²) >= 11 is 0. The zero-order valence-corrected chi connectivity index (χ0v) is 13.2. The minimum absolute atomic E-state index is 0.0594. The second-order valence-corrected chi connectivity index (χ2v) is 5.73. The molecule has 0 bridgehead atoms. The van der Waals surface area contributed by atoms with Crippen LogP contribution in [0, 0.1) is 5.92 Å². The third-order valence-electron chi connectivity index (χ3n) is 2.78. The molecular weight excluding hydrogens is 258 g/mol. The summed E-state index contributed by atoms with van der Waals surface area (Å²) in [6, 6.07) is -0.0594. The van der Waals surface area contributed by atoms with E-state index in [2.05, 4.69) is 19.2 Å². The number of urea groups is 1. The quantitative estimate of drug-likeness (QED) is 0.597. The summed E-state index contributed by atoms with van der Waals surface area (Å²) in [5, 5.41) is 11.4. The van der Waals surface area contributed by atoms with E-state index in [1.807, 2.05) is 23.9 Å². The largest absolute Gasteiger partial charge is 0.481 e. The predicted octanol–water partition coefficient (Wildman–Crippen LogP) is 1.47. The van der Waals surface area contributed by atoms with Crippen molar-refractivity contribution in [3.63, 3.8) is 0 Å². The van der Waals surface area contributed by atoms with Gasteiger partial charge in [-0.25, -0.2) is 4.79 Å². The Labute approximate surface area is 122 Å². The highest BCUT2D eigenvalue weighted by Crippen LogP contribution is 2.00. The molecule has 0 saturated heterocycles. The van der Waals surface area contributed by atoms with Gasteiger partial charge in [-0.05, 0) is 32.9 Å². The minimum Gasteiger partial charge on any atom is -0.481 e. The van der Waals surface area contributed by atoms with E-state index in [1.165, 1.54) is 0 Å². The highest BCUT2D eigenvalue weighted by atomic mass is 16.4. The Morgan fingerprint density at radius 2 is 1.80 bits per heavy atom. The Balaban J connectivity index is 4.02. The lowest BCUT2D eigenvalue weighted by molar-refractivity contribution is -0.137. The molecule has 118 valence electrons. The van der Waals surface area contributed by atoms with Crippen LogP contribution in [0.2, 0.25) is 0 Å². The molecule has 0 fully saturated rings. The molecule has 6 nitrogen and oxygen atoms in total. The lowest BCUT2D eigenvalue weighted by Crippen LogP contribution is -2.45. The van der Waals surface area contributed by atoms with Crippen molar-refractivity contribution in [2.24, 2.45) is 5.92 Å². The fourth-order valence-electron chi connectivity index (χ4n) is 1.75. The molecule has 0 radical (unpaired) electrons. The van der Waals surface area contributed by atoms with Gasteiger partial charge in [0, 0.05) is 32.6 Å². The van der Waals surface area contributed by atoms with Crippen molar-refractivity contribution in [2.45, 2.75) is 33.1 Å². The summed E-state index contributed by atoms with van der Waals surface area (Å²) in [5.41, 5.74) is 0.